The van der Waals surface area contributed by atoms with Gasteiger partial charge in [0.15, 0.2) is 5.65 Å². The summed E-state index contributed by atoms with van der Waals surface area (Å²) in [5, 5.41) is 11.4. The van der Waals surface area contributed by atoms with Crippen molar-refractivity contribution >= 4 is 39.6 Å². The molecule has 0 spiro atoms. The van der Waals surface area contributed by atoms with Crippen LogP contribution in [0.5, 0.6) is 0 Å². The standard InChI is InChI=1S/C21H23N5OS2/c1-11(2)26-20-16(10-22-26)15(9-17(25-20)18-7-6-8-28-18)21(27)24-13(4)19-12(3)23-14(5)29-19/h6-11,13H,1-5H3,(H,24,27)/t13-/m0/s1. The zero-order chi connectivity index (χ0) is 20.7. The van der Waals surface area contributed by atoms with Crippen LogP contribution in [0.4, 0.5) is 0 Å². The predicted molar refractivity (Wildman–Crippen MR) is 119 cm³/mol. The zero-order valence-electron chi connectivity index (χ0n) is 17.1. The van der Waals surface area contributed by atoms with Crippen LogP contribution < -0.4 is 5.32 Å². The highest BCUT2D eigenvalue weighted by molar-refractivity contribution is 7.13. The van der Waals surface area contributed by atoms with Crippen molar-refractivity contribution in [2.75, 3.05) is 0 Å². The summed E-state index contributed by atoms with van der Waals surface area (Å²) >= 11 is 3.23. The van der Waals surface area contributed by atoms with E-state index in [-0.39, 0.29) is 18.0 Å². The highest BCUT2D eigenvalue weighted by atomic mass is 32.1. The summed E-state index contributed by atoms with van der Waals surface area (Å²) in [5.41, 5.74) is 3.08. The number of pyridine rings is 1. The molecule has 4 aromatic rings. The van der Waals surface area contributed by atoms with Gasteiger partial charge in [-0.1, -0.05) is 6.07 Å². The van der Waals surface area contributed by atoms with Gasteiger partial charge in [0.2, 0.25) is 0 Å². The molecule has 0 saturated carbocycles. The molecular weight excluding hydrogens is 402 g/mol. The average molecular weight is 426 g/mol. The molecule has 6 nitrogen and oxygen atoms in total. The maximum absolute atomic E-state index is 13.3. The highest BCUT2D eigenvalue weighted by Crippen LogP contribution is 2.30. The molecule has 4 rings (SSSR count). The lowest BCUT2D eigenvalue weighted by Crippen LogP contribution is -2.27. The Bertz CT molecular complexity index is 1170. The second-order valence-electron chi connectivity index (χ2n) is 7.33. The van der Waals surface area contributed by atoms with Crippen molar-refractivity contribution in [3.63, 3.8) is 0 Å². The first-order valence-electron chi connectivity index (χ1n) is 9.52. The number of nitrogens with one attached hydrogen (secondary N) is 1. The Balaban J connectivity index is 1.77. The van der Waals surface area contributed by atoms with Crippen LogP contribution >= 0.6 is 22.7 Å². The molecule has 1 amide bonds. The molecular formula is C21H23N5OS2. The number of aromatic nitrogens is 4. The smallest absolute Gasteiger partial charge is 0.252 e. The molecule has 0 aliphatic carbocycles. The van der Waals surface area contributed by atoms with Gasteiger partial charge in [-0.15, -0.1) is 22.7 Å². The summed E-state index contributed by atoms with van der Waals surface area (Å²) in [4.78, 5) is 24.7. The Morgan fingerprint density at radius 1 is 1.21 bits per heavy atom. The Morgan fingerprint density at radius 3 is 2.62 bits per heavy atom. The second-order valence-corrected chi connectivity index (χ2v) is 9.51. The minimum absolute atomic E-state index is 0.123. The normalized spacial score (nSPS) is 12.6. The van der Waals surface area contributed by atoms with Crippen LogP contribution in [0.1, 0.15) is 58.8 Å². The molecule has 0 bridgehead atoms. The number of thiazole rings is 1. The van der Waals surface area contributed by atoms with E-state index < -0.39 is 0 Å². The SMILES string of the molecule is Cc1nc(C)c([C@H](C)NC(=O)c2cc(-c3cccs3)nc3c2cnn3C(C)C)s1. The Hall–Kier alpha value is -2.58. The molecule has 0 radical (unpaired) electrons. The van der Waals surface area contributed by atoms with Crippen molar-refractivity contribution in [2.45, 2.75) is 46.7 Å². The van der Waals surface area contributed by atoms with Crippen LogP contribution in [0.2, 0.25) is 0 Å². The Morgan fingerprint density at radius 2 is 2.00 bits per heavy atom. The van der Waals surface area contributed by atoms with Crippen LogP contribution in [0.15, 0.2) is 29.8 Å². The molecule has 8 heteroatoms. The van der Waals surface area contributed by atoms with Crippen LogP contribution in [-0.4, -0.2) is 25.7 Å². The fraction of sp³-hybridized carbons (Fsp3) is 0.333. The predicted octanol–water partition coefficient (Wildman–Crippen LogP) is 5.31. The van der Waals surface area contributed by atoms with E-state index in [0.717, 1.165) is 37.2 Å². The minimum Gasteiger partial charge on any atom is -0.345 e. The van der Waals surface area contributed by atoms with E-state index in [4.69, 9.17) is 4.98 Å². The number of rotatable bonds is 5. The summed E-state index contributed by atoms with van der Waals surface area (Å²) < 4.78 is 1.86. The topological polar surface area (TPSA) is 72.7 Å². The number of hydrogen-bond donors (Lipinski definition) is 1. The van der Waals surface area contributed by atoms with Crippen molar-refractivity contribution < 1.29 is 4.79 Å². The lowest BCUT2D eigenvalue weighted by atomic mass is 10.1. The quantitative estimate of drug-likeness (QED) is 0.471. The van der Waals surface area contributed by atoms with Crippen molar-refractivity contribution in [1.29, 1.82) is 0 Å². The van der Waals surface area contributed by atoms with Crippen molar-refractivity contribution in [1.82, 2.24) is 25.1 Å². The van der Waals surface area contributed by atoms with Gasteiger partial charge in [-0.2, -0.15) is 5.10 Å². The van der Waals surface area contributed by atoms with E-state index in [2.05, 4.69) is 29.2 Å². The van der Waals surface area contributed by atoms with Gasteiger partial charge in [0, 0.05) is 10.9 Å². The number of fused-ring (bicyclic) bond motifs is 1. The molecule has 1 N–H and O–H groups in total. The molecule has 4 aromatic heterocycles. The van der Waals surface area contributed by atoms with Crippen LogP contribution in [0.25, 0.3) is 21.6 Å². The van der Waals surface area contributed by atoms with Crippen molar-refractivity contribution in [3.05, 3.63) is 50.9 Å². The zero-order valence-corrected chi connectivity index (χ0v) is 18.7. The van der Waals surface area contributed by atoms with E-state index in [1.54, 1.807) is 28.9 Å². The molecule has 0 saturated heterocycles. The Kier molecular flexibility index (Phi) is 5.23. The third-order valence-electron chi connectivity index (χ3n) is 4.75. The molecule has 0 aliphatic heterocycles. The summed E-state index contributed by atoms with van der Waals surface area (Å²) in [5.74, 6) is -0.128. The van der Waals surface area contributed by atoms with Crippen LogP contribution in [0, 0.1) is 13.8 Å². The van der Waals surface area contributed by atoms with Gasteiger partial charge in [0.25, 0.3) is 5.91 Å². The molecule has 0 fully saturated rings. The number of hydrogen-bond acceptors (Lipinski definition) is 6. The molecule has 0 aliphatic rings. The summed E-state index contributed by atoms with van der Waals surface area (Å²) in [7, 11) is 0. The first kappa shape index (κ1) is 19.7. The first-order chi connectivity index (χ1) is 13.8. The number of thiophene rings is 1. The van der Waals surface area contributed by atoms with Gasteiger partial charge >= 0.3 is 0 Å². The molecule has 1 atom stereocenters. The maximum Gasteiger partial charge on any atom is 0.252 e. The molecule has 0 aromatic carbocycles. The van der Waals surface area contributed by atoms with Gasteiger partial charge in [-0.25, -0.2) is 14.6 Å². The lowest BCUT2D eigenvalue weighted by Gasteiger charge is -2.14. The van der Waals surface area contributed by atoms with E-state index in [0.29, 0.717) is 5.56 Å². The highest BCUT2D eigenvalue weighted by Gasteiger charge is 2.21. The third-order valence-corrected chi connectivity index (χ3v) is 6.90. The minimum atomic E-state index is -0.128. The van der Waals surface area contributed by atoms with Gasteiger partial charge in [-0.05, 0) is 52.1 Å². The molecule has 0 unspecified atom stereocenters. The number of amides is 1. The fourth-order valence-electron chi connectivity index (χ4n) is 3.42. The summed E-state index contributed by atoms with van der Waals surface area (Å²) in [6.07, 6.45) is 1.74. The van der Waals surface area contributed by atoms with E-state index >= 15 is 0 Å². The number of nitrogens with zero attached hydrogens (tertiary/aromatic N) is 4. The first-order valence-corrected chi connectivity index (χ1v) is 11.2. The second kappa shape index (κ2) is 7.68. The fourth-order valence-corrected chi connectivity index (χ4v) is 5.04. The van der Waals surface area contributed by atoms with E-state index in [1.807, 2.05) is 49.0 Å². The number of carbonyl (C=O) groups excluding carboxylic acids is 1. The van der Waals surface area contributed by atoms with Gasteiger partial charge in [0.05, 0.1) is 44.5 Å². The lowest BCUT2D eigenvalue weighted by molar-refractivity contribution is 0.0942. The summed E-state index contributed by atoms with van der Waals surface area (Å²) in [6, 6.07) is 5.90. The third kappa shape index (κ3) is 3.70. The largest absolute Gasteiger partial charge is 0.345 e. The van der Waals surface area contributed by atoms with Gasteiger partial charge < -0.3 is 5.32 Å². The van der Waals surface area contributed by atoms with E-state index in [1.165, 1.54) is 0 Å². The van der Waals surface area contributed by atoms with Gasteiger partial charge in [0.1, 0.15) is 0 Å². The van der Waals surface area contributed by atoms with Crippen molar-refractivity contribution in [2.24, 2.45) is 0 Å². The summed E-state index contributed by atoms with van der Waals surface area (Å²) in [6.45, 7) is 10.1. The maximum atomic E-state index is 13.3. The van der Waals surface area contributed by atoms with Crippen LogP contribution in [-0.2, 0) is 0 Å². The van der Waals surface area contributed by atoms with Crippen molar-refractivity contribution in [3.8, 4) is 10.6 Å². The molecule has 150 valence electrons. The molecule has 4 heterocycles. The average Bonchev–Trinajstić information content (AvgIpc) is 3.39. The Labute approximate surface area is 177 Å². The number of carbonyl (C=O) groups is 1. The van der Waals surface area contributed by atoms with E-state index in [9.17, 15) is 4.79 Å². The number of aryl methyl sites for hydroxylation is 2. The van der Waals surface area contributed by atoms with Gasteiger partial charge in [-0.3, -0.25) is 4.79 Å². The van der Waals surface area contributed by atoms with Crippen LogP contribution in [0.3, 0.4) is 0 Å². The molecule has 29 heavy (non-hydrogen) atoms. The monoisotopic (exact) mass is 425 g/mol.